The number of para-hydroxylation sites is 4. The van der Waals surface area contributed by atoms with Crippen molar-refractivity contribution in [1.82, 2.24) is 9.55 Å². The molecule has 10 aromatic rings. The minimum absolute atomic E-state index is 0.158. The molecule has 3 heterocycles. The maximum Gasteiger partial charge on any atom is 0.0541 e. The highest BCUT2D eigenvalue weighted by molar-refractivity contribution is 6.12. The molecule has 3 heteroatoms. The van der Waals surface area contributed by atoms with Crippen molar-refractivity contribution in [2.24, 2.45) is 0 Å². The van der Waals surface area contributed by atoms with Gasteiger partial charge in [0.05, 0.1) is 22.4 Å². The first-order valence-electron chi connectivity index (χ1n) is 18.7. The maximum atomic E-state index is 3.58. The van der Waals surface area contributed by atoms with Gasteiger partial charge in [-0.1, -0.05) is 135 Å². The van der Waals surface area contributed by atoms with Crippen LogP contribution >= 0.6 is 0 Å². The number of H-pyrrole nitrogens is 1. The van der Waals surface area contributed by atoms with Gasteiger partial charge in [-0.2, -0.15) is 0 Å². The molecule has 0 aliphatic carbocycles. The normalized spacial score (nSPS) is 13.1. The average molecular weight is 694 g/mol. The van der Waals surface area contributed by atoms with Crippen LogP contribution in [0.25, 0.3) is 60.4 Å². The van der Waals surface area contributed by atoms with E-state index in [-0.39, 0.29) is 5.41 Å². The summed E-state index contributed by atoms with van der Waals surface area (Å²) in [5, 5.41) is 5.01. The fourth-order valence-electron chi connectivity index (χ4n) is 8.53. The molecule has 0 bridgehead atoms. The van der Waals surface area contributed by atoms with Gasteiger partial charge in [0.15, 0.2) is 0 Å². The minimum atomic E-state index is -0.158. The van der Waals surface area contributed by atoms with Crippen LogP contribution in [-0.2, 0) is 5.41 Å². The lowest BCUT2D eigenvalue weighted by atomic mass is 9.73. The predicted octanol–water partition coefficient (Wildman–Crippen LogP) is 13.9. The topological polar surface area (TPSA) is 24.0 Å². The van der Waals surface area contributed by atoms with Crippen LogP contribution in [-0.4, -0.2) is 9.55 Å². The summed E-state index contributed by atoms with van der Waals surface area (Å²) in [4.78, 5) is 6.00. The number of nitrogens with zero attached hydrogens (tertiary/aromatic N) is 2. The lowest BCUT2D eigenvalue weighted by molar-refractivity contribution is 0.632. The summed E-state index contributed by atoms with van der Waals surface area (Å²) in [5.41, 5.74) is 14.5. The van der Waals surface area contributed by atoms with Gasteiger partial charge in [-0.15, -0.1) is 0 Å². The van der Waals surface area contributed by atoms with Crippen molar-refractivity contribution >= 4 is 60.7 Å². The van der Waals surface area contributed by atoms with E-state index in [0.29, 0.717) is 0 Å². The molecular weight excluding hydrogens is 655 g/mol. The molecule has 0 fully saturated rings. The van der Waals surface area contributed by atoms with Gasteiger partial charge in [0.25, 0.3) is 0 Å². The largest absolute Gasteiger partial charge is 0.355 e. The van der Waals surface area contributed by atoms with E-state index >= 15 is 0 Å². The molecule has 2 aromatic heterocycles. The van der Waals surface area contributed by atoms with Gasteiger partial charge in [0, 0.05) is 49.4 Å². The van der Waals surface area contributed by atoms with Gasteiger partial charge in [0.1, 0.15) is 0 Å². The van der Waals surface area contributed by atoms with Gasteiger partial charge >= 0.3 is 0 Å². The molecular formula is C51H39N3. The van der Waals surface area contributed by atoms with Crippen molar-refractivity contribution in [2.45, 2.75) is 19.3 Å². The van der Waals surface area contributed by atoms with Crippen molar-refractivity contribution in [3.63, 3.8) is 0 Å². The van der Waals surface area contributed by atoms with Crippen LogP contribution in [0.4, 0.5) is 17.1 Å². The number of aromatic amines is 1. The summed E-state index contributed by atoms with van der Waals surface area (Å²) in [6.45, 7) is 4.72. The number of nitrogens with one attached hydrogen (secondary N) is 1. The quantitative estimate of drug-likeness (QED) is 0.196. The van der Waals surface area contributed by atoms with Gasteiger partial charge < -0.3 is 14.5 Å². The van der Waals surface area contributed by atoms with Crippen molar-refractivity contribution in [3.05, 3.63) is 205 Å². The van der Waals surface area contributed by atoms with E-state index in [1.165, 1.54) is 83.1 Å². The Morgan fingerprint density at radius 3 is 1.80 bits per heavy atom. The second-order valence-electron chi connectivity index (χ2n) is 14.7. The Morgan fingerprint density at radius 2 is 0.981 bits per heavy atom. The Hall–Kier alpha value is -6.84. The summed E-state index contributed by atoms with van der Waals surface area (Å²) < 4.78 is 2.42. The molecule has 11 rings (SSSR count). The Kier molecular flexibility index (Phi) is 7.48. The molecule has 0 spiro atoms. The van der Waals surface area contributed by atoms with Gasteiger partial charge in [0.2, 0.25) is 0 Å². The van der Waals surface area contributed by atoms with Crippen LogP contribution in [0.3, 0.4) is 0 Å². The monoisotopic (exact) mass is 693 g/mol. The second-order valence-corrected chi connectivity index (χ2v) is 14.7. The highest BCUT2D eigenvalue weighted by Crippen LogP contribution is 2.52. The molecule has 258 valence electrons. The zero-order chi connectivity index (χ0) is 36.2. The van der Waals surface area contributed by atoms with Crippen LogP contribution in [0.5, 0.6) is 0 Å². The summed E-state index contributed by atoms with van der Waals surface area (Å²) in [5.74, 6) is 0. The first-order valence-corrected chi connectivity index (χ1v) is 18.7. The Balaban J connectivity index is 0.000000551. The molecule has 3 nitrogen and oxygen atoms in total. The molecule has 0 amide bonds. The summed E-state index contributed by atoms with van der Waals surface area (Å²) >= 11 is 0. The number of hydrogen-bond donors (Lipinski definition) is 1. The van der Waals surface area contributed by atoms with Crippen LogP contribution in [0.1, 0.15) is 25.0 Å². The lowest BCUT2D eigenvalue weighted by Gasteiger charge is -2.42. The highest BCUT2D eigenvalue weighted by Gasteiger charge is 2.37. The molecule has 54 heavy (non-hydrogen) atoms. The fraction of sp³-hybridized carbons (Fsp3) is 0.0588. The standard InChI is InChI=1S/C45H33N3.C6H6/c1-45(2)37-16-8-11-19-43(37)47(31-12-4-3-5-13-31)44-25-21-30(27-38(44)45)29-20-24-42-36(26-29)34-15-7-10-18-41(34)48(42)32-22-23-40-35(28-32)33-14-6-9-17-39(33)46-40;1-2-4-6-5-3-1/h3-28,46H,1-2H3;1-6H. The van der Waals surface area contributed by atoms with E-state index in [9.17, 15) is 0 Å². The number of hydrogen-bond acceptors (Lipinski definition) is 1. The Morgan fingerprint density at radius 1 is 0.389 bits per heavy atom. The van der Waals surface area contributed by atoms with Crippen LogP contribution in [0.2, 0.25) is 0 Å². The third-order valence-corrected chi connectivity index (χ3v) is 11.2. The smallest absolute Gasteiger partial charge is 0.0541 e. The van der Waals surface area contributed by atoms with Gasteiger partial charge in [-0.25, -0.2) is 0 Å². The first kappa shape index (κ1) is 31.9. The van der Waals surface area contributed by atoms with E-state index in [1.54, 1.807) is 0 Å². The predicted molar refractivity (Wildman–Crippen MR) is 229 cm³/mol. The molecule has 0 radical (unpaired) electrons. The molecule has 1 aliphatic heterocycles. The van der Waals surface area contributed by atoms with Crippen molar-refractivity contribution in [2.75, 3.05) is 4.90 Å². The second kappa shape index (κ2) is 12.7. The van der Waals surface area contributed by atoms with Gasteiger partial charge in [-0.3, -0.25) is 0 Å². The Labute approximate surface area is 315 Å². The lowest BCUT2D eigenvalue weighted by Crippen LogP contribution is -2.30. The van der Waals surface area contributed by atoms with Crippen molar-refractivity contribution in [3.8, 4) is 16.8 Å². The number of benzene rings is 8. The third-order valence-electron chi connectivity index (χ3n) is 11.2. The van der Waals surface area contributed by atoms with Crippen LogP contribution in [0.15, 0.2) is 194 Å². The minimum Gasteiger partial charge on any atom is -0.355 e. The van der Waals surface area contributed by atoms with Crippen LogP contribution in [0, 0.1) is 0 Å². The fourth-order valence-corrected chi connectivity index (χ4v) is 8.53. The van der Waals surface area contributed by atoms with Crippen LogP contribution < -0.4 is 4.90 Å². The number of rotatable bonds is 3. The summed E-state index contributed by atoms with van der Waals surface area (Å²) in [6, 6.07) is 69.7. The zero-order valence-electron chi connectivity index (χ0n) is 30.4. The number of anilines is 3. The first-order chi connectivity index (χ1) is 26.6. The molecule has 0 unspecified atom stereocenters. The van der Waals surface area contributed by atoms with Gasteiger partial charge in [-0.05, 0) is 95.1 Å². The summed E-state index contributed by atoms with van der Waals surface area (Å²) in [6.07, 6.45) is 0. The van der Waals surface area contributed by atoms with E-state index in [0.717, 1.165) is 5.52 Å². The number of aromatic nitrogens is 2. The molecule has 0 saturated heterocycles. The van der Waals surface area contributed by atoms with E-state index in [1.807, 2.05) is 36.4 Å². The molecule has 1 aliphatic rings. The average Bonchev–Trinajstić information content (AvgIpc) is 3.77. The van der Waals surface area contributed by atoms with Crippen molar-refractivity contribution in [1.29, 1.82) is 0 Å². The molecule has 0 saturated carbocycles. The van der Waals surface area contributed by atoms with E-state index < -0.39 is 0 Å². The molecule has 0 atom stereocenters. The Bertz CT molecular complexity index is 2940. The maximum absolute atomic E-state index is 3.58. The summed E-state index contributed by atoms with van der Waals surface area (Å²) in [7, 11) is 0. The highest BCUT2D eigenvalue weighted by atomic mass is 15.2. The van der Waals surface area contributed by atoms with E-state index in [2.05, 4.69) is 186 Å². The molecule has 8 aromatic carbocycles. The molecule has 1 N–H and O–H groups in total. The van der Waals surface area contributed by atoms with E-state index in [4.69, 9.17) is 0 Å². The van der Waals surface area contributed by atoms with Crippen molar-refractivity contribution < 1.29 is 0 Å². The zero-order valence-corrected chi connectivity index (χ0v) is 30.4. The third kappa shape index (κ3) is 5.12. The number of fused-ring (bicyclic) bond motifs is 8. The SMILES string of the molecule is CC1(C)c2ccccc2N(c2ccccc2)c2ccc(-c3ccc4c(c3)c3ccccc3n4-c3ccc4[nH]c5ccccc5c4c3)cc21.c1ccccc1.